The number of benzene rings is 2. The lowest BCUT2D eigenvalue weighted by Gasteiger charge is -2.39. The van der Waals surface area contributed by atoms with E-state index in [0.29, 0.717) is 13.0 Å². The van der Waals surface area contributed by atoms with Crippen LogP contribution in [0.2, 0.25) is 0 Å². The second-order valence-electron chi connectivity index (χ2n) is 8.42. The van der Waals surface area contributed by atoms with Crippen LogP contribution in [0.5, 0.6) is 5.75 Å². The predicted molar refractivity (Wildman–Crippen MR) is 134 cm³/mol. The molecule has 1 saturated heterocycles. The van der Waals surface area contributed by atoms with Crippen molar-refractivity contribution in [2.24, 2.45) is 0 Å². The number of carbonyl (C=O) groups is 2. The Morgan fingerprint density at radius 2 is 1.63 bits per heavy atom. The Balaban J connectivity index is 1.28. The van der Waals surface area contributed by atoms with Crippen molar-refractivity contribution in [3.05, 3.63) is 84.3 Å². The van der Waals surface area contributed by atoms with Crippen molar-refractivity contribution in [1.29, 1.82) is 0 Å². The highest BCUT2D eigenvalue weighted by atomic mass is 16.5. The van der Waals surface area contributed by atoms with E-state index in [-0.39, 0.29) is 12.6 Å². The van der Waals surface area contributed by atoms with Crippen molar-refractivity contribution < 1.29 is 18.7 Å². The standard InChI is InChI=1S/C27H32N4O4/c1-34-24-11-6-5-8-21(24)13-14-28-26(32)27(33)29-20-23(25-12-7-19-35-25)31-17-15-30(16-18-31)22-9-3-2-4-10-22/h2-12,19,23H,13-18,20H2,1H3,(H,28,32)(H,29,33)/t23-/m0/s1. The number of piperazine rings is 1. The van der Waals surface area contributed by atoms with Crippen LogP contribution in [0.3, 0.4) is 0 Å². The molecule has 0 unspecified atom stereocenters. The van der Waals surface area contributed by atoms with Crippen molar-refractivity contribution in [3.63, 3.8) is 0 Å². The summed E-state index contributed by atoms with van der Waals surface area (Å²) in [4.78, 5) is 29.5. The van der Waals surface area contributed by atoms with Crippen LogP contribution in [0.15, 0.2) is 77.4 Å². The highest BCUT2D eigenvalue weighted by Gasteiger charge is 2.28. The summed E-state index contributed by atoms with van der Waals surface area (Å²) in [6, 6.07) is 21.6. The molecule has 2 heterocycles. The van der Waals surface area contributed by atoms with E-state index in [1.807, 2.05) is 54.6 Å². The number of nitrogens with one attached hydrogen (secondary N) is 2. The van der Waals surface area contributed by atoms with Crippen LogP contribution in [-0.4, -0.2) is 63.1 Å². The van der Waals surface area contributed by atoms with Gasteiger partial charge in [0.2, 0.25) is 0 Å². The fourth-order valence-corrected chi connectivity index (χ4v) is 4.39. The Bertz CT molecular complexity index is 1080. The zero-order valence-electron chi connectivity index (χ0n) is 20.0. The first kappa shape index (κ1) is 24.3. The van der Waals surface area contributed by atoms with Crippen LogP contribution < -0.4 is 20.3 Å². The summed E-state index contributed by atoms with van der Waals surface area (Å²) >= 11 is 0. The van der Waals surface area contributed by atoms with Gasteiger partial charge in [-0.25, -0.2) is 0 Å². The molecular formula is C27H32N4O4. The minimum atomic E-state index is -0.649. The zero-order chi connectivity index (χ0) is 24.5. The number of ether oxygens (including phenoxy) is 1. The fourth-order valence-electron chi connectivity index (χ4n) is 4.39. The van der Waals surface area contributed by atoms with Gasteiger partial charge in [0.25, 0.3) is 0 Å². The fraction of sp³-hybridized carbons (Fsp3) is 0.333. The molecule has 8 nitrogen and oxygen atoms in total. The lowest BCUT2D eigenvalue weighted by atomic mass is 10.1. The van der Waals surface area contributed by atoms with E-state index < -0.39 is 11.8 Å². The van der Waals surface area contributed by atoms with Crippen molar-refractivity contribution >= 4 is 17.5 Å². The van der Waals surface area contributed by atoms with Crippen molar-refractivity contribution in [3.8, 4) is 5.75 Å². The molecule has 1 aliphatic rings. The second-order valence-corrected chi connectivity index (χ2v) is 8.42. The Hall–Kier alpha value is -3.78. The van der Waals surface area contributed by atoms with Crippen LogP contribution in [0, 0.1) is 0 Å². The molecule has 1 fully saturated rings. The monoisotopic (exact) mass is 476 g/mol. The lowest BCUT2D eigenvalue weighted by Crippen LogP contribution is -2.50. The van der Waals surface area contributed by atoms with Gasteiger partial charge in [0, 0.05) is 45.0 Å². The maximum atomic E-state index is 12.5. The van der Waals surface area contributed by atoms with Crippen LogP contribution in [0.1, 0.15) is 17.4 Å². The first-order valence-corrected chi connectivity index (χ1v) is 11.9. The second kappa shape index (κ2) is 12.1. The molecular weight excluding hydrogens is 444 g/mol. The Kier molecular flexibility index (Phi) is 8.40. The summed E-state index contributed by atoms with van der Waals surface area (Å²) in [5.41, 5.74) is 2.18. The van der Waals surface area contributed by atoms with Crippen LogP contribution in [0.4, 0.5) is 5.69 Å². The number of nitrogens with zero attached hydrogens (tertiary/aromatic N) is 2. The van der Waals surface area contributed by atoms with Gasteiger partial charge in [0.15, 0.2) is 0 Å². The van der Waals surface area contributed by atoms with Gasteiger partial charge >= 0.3 is 11.8 Å². The van der Waals surface area contributed by atoms with E-state index in [2.05, 4.69) is 32.6 Å². The summed E-state index contributed by atoms with van der Waals surface area (Å²) in [5, 5.41) is 5.49. The molecule has 4 rings (SSSR count). The SMILES string of the molecule is COc1ccccc1CCNC(=O)C(=O)NC[C@@H](c1ccco1)N1CCN(c2ccccc2)CC1. The Morgan fingerprint density at radius 3 is 2.34 bits per heavy atom. The molecule has 0 spiro atoms. The Morgan fingerprint density at radius 1 is 0.914 bits per heavy atom. The van der Waals surface area contributed by atoms with Gasteiger partial charge in [0.05, 0.1) is 19.4 Å². The number of amides is 2. The van der Waals surface area contributed by atoms with E-state index >= 15 is 0 Å². The maximum Gasteiger partial charge on any atom is 0.309 e. The minimum Gasteiger partial charge on any atom is -0.496 e. The van der Waals surface area contributed by atoms with Gasteiger partial charge in [-0.15, -0.1) is 0 Å². The third-order valence-corrected chi connectivity index (χ3v) is 6.28. The van der Waals surface area contributed by atoms with Crippen LogP contribution in [0.25, 0.3) is 0 Å². The number of para-hydroxylation sites is 2. The number of hydrogen-bond acceptors (Lipinski definition) is 6. The summed E-state index contributed by atoms with van der Waals surface area (Å²) in [7, 11) is 1.61. The molecule has 0 aliphatic carbocycles. The molecule has 2 amide bonds. The number of rotatable bonds is 9. The van der Waals surface area contributed by atoms with E-state index in [4.69, 9.17) is 9.15 Å². The van der Waals surface area contributed by atoms with Crippen molar-refractivity contribution in [1.82, 2.24) is 15.5 Å². The number of anilines is 1. The van der Waals surface area contributed by atoms with Gasteiger partial charge < -0.3 is 24.7 Å². The smallest absolute Gasteiger partial charge is 0.309 e. The topological polar surface area (TPSA) is 87.0 Å². The number of carbonyl (C=O) groups excluding carboxylic acids is 2. The molecule has 2 aromatic carbocycles. The molecule has 0 bridgehead atoms. The van der Waals surface area contributed by atoms with E-state index in [1.54, 1.807) is 13.4 Å². The van der Waals surface area contributed by atoms with E-state index in [1.165, 1.54) is 5.69 Å². The quantitative estimate of drug-likeness (QED) is 0.462. The van der Waals surface area contributed by atoms with Gasteiger partial charge in [0.1, 0.15) is 11.5 Å². The normalized spacial score (nSPS) is 14.8. The molecule has 1 aromatic heterocycles. The van der Waals surface area contributed by atoms with Gasteiger partial charge in [-0.1, -0.05) is 36.4 Å². The Labute approximate surface area is 205 Å². The highest BCUT2D eigenvalue weighted by Crippen LogP contribution is 2.24. The van der Waals surface area contributed by atoms with Crippen molar-refractivity contribution in [2.75, 3.05) is 51.3 Å². The predicted octanol–water partition coefficient (Wildman–Crippen LogP) is 2.63. The van der Waals surface area contributed by atoms with Crippen LogP contribution >= 0.6 is 0 Å². The summed E-state index contributed by atoms with van der Waals surface area (Å²) < 4.78 is 11.0. The van der Waals surface area contributed by atoms with Crippen LogP contribution in [-0.2, 0) is 16.0 Å². The first-order chi connectivity index (χ1) is 17.2. The first-order valence-electron chi connectivity index (χ1n) is 11.9. The molecule has 0 radical (unpaired) electrons. The summed E-state index contributed by atoms with van der Waals surface area (Å²) in [6.07, 6.45) is 2.21. The van der Waals surface area contributed by atoms with Gasteiger partial charge in [-0.2, -0.15) is 0 Å². The molecule has 0 saturated carbocycles. The average Bonchev–Trinajstić information content (AvgIpc) is 3.44. The minimum absolute atomic E-state index is 0.145. The average molecular weight is 477 g/mol. The number of hydrogen-bond donors (Lipinski definition) is 2. The summed E-state index contributed by atoms with van der Waals surface area (Å²) in [6.45, 7) is 4.02. The van der Waals surface area contributed by atoms with Gasteiger partial charge in [-0.05, 0) is 42.3 Å². The molecule has 1 atom stereocenters. The largest absolute Gasteiger partial charge is 0.496 e. The molecule has 184 valence electrons. The lowest BCUT2D eigenvalue weighted by molar-refractivity contribution is -0.139. The molecule has 8 heteroatoms. The molecule has 1 aliphatic heterocycles. The van der Waals surface area contributed by atoms with Crippen molar-refractivity contribution in [2.45, 2.75) is 12.5 Å². The zero-order valence-corrected chi connectivity index (χ0v) is 20.0. The summed E-state index contributed by atoms with van der Waals surface area (Å²) in [5.74, 6) is 0.242. The third kappa shape index (κ3) is 6.42. The third-order valence-electron chi connectivity index (χ3n) is 6.28. The highest BCUT2D eigenvalue weighted by molar-refractivity contribution is 6.35. The number of methoxy groups -OCH3 is 1. The molecule has 2 N–H and O–H groups in total. The molecule has 35 heavy (non-hydrogen) atoms. The van der Waals surface area contributed by atoms with Gasteiger partial charge in [-0.3, -0.25) is 14.5 Å². The van der Waals surface area contributed by atoms with E-state index in [9.17, 15) is 9.59 Å². The maximum absolute atomic E-state index is 12.5. The number of furan rings is 1. The van der Waals surface area contributed by atoms with E-state index in [0.717, 1.165) is 43.3 Å². The molecule has 3 aromatic rings.